The first-order valence-electron chi connectivity index (χ1n) is 7.84. The third-order valence-electron chi connectivity index (χ3n) is 3.85. The molecule has 2 aromatic carbocycles. The van der Waals surface area contributed by atoms with Crippen LogP contribution in [-0.4, -0.2) is 19.6 Å². The number of methoxy groups -OCH3 is 1. The Bertz CT molecular complexity index is 683. The van der Waals surface area contributed by atoms with Gasteiger partial charge in [-0.3, -0.25) is 4.79 Å². The first-order chi connectivity index (χ1) is 11.0. The third kappa shape index (κ3) is 4.25. The molecule has 0 heterocycles. The predicted octanol–water partition coefficient (Wildman–Crippen LogP) is 3.57. The van der Waals surface area contributed by atoms with Crippen molar-refractivity contribution >= 4 is 17.3 Å². The van der Waals surface area contributed by atoms with Crippen LogP contribution in [0.3, 0.4) is 0 Å². The van der Waals surface area contributed by atoms with Gasteiger partial charge in [0.2, 0.25) is 5.91 Å². The summed E-state index contributed by atoms with van der Waals surface area (Å²) in [5.41, 5.74) is 9.65. The van der Waals surface area contributed by atoms with Crippen molar-refractivity contribution < 1.29 is 9.53 Å². The van der Waals surface area contributed by atoms with E-state index in [0.29, 0.717) is 30.8 Å². The fraction of sp³-hybridized carbons (Fsp3) is 0.316. The predicted molar refractivity (Wildman–Crippen MR) is 94.9 cm³/mol. The van der Waals surface area contributed by atoms with E-state index in [9.17, 15) is 4.79 Å². The van der Waals surface area contributed by atoms with Crippen LogP contribution < -0.4 is 15.4 Å². The van der Waals surface area contributed by atoms with Gasteiger partial charge in [-0.1, -0.05) is 18.2 Å². The van der Waals surface area contributed by atoms with E-state index >= 15 is 0 Å². The lowest BCUT2D eigenvalue weighted by Gasteiger charge is -2.21. The van der Waals surface area contributed by atoms with E-state index in [1.165, 1.54) is 0 Å². The summed E-state index contributed by atoms with van der Waals surface area (Å²) >= 11 is 0. The minimum absolute atomic E-state index is 0.118. The van der Waals surface area contributed by atoms with Gasteiger partial charge in [0.15, 0.2) is 0 Å². The SMILES string of the molecule is CCN(C(=O)CCc1ccc(OC)c(N)c1)c1cccc(C)c1. The Morgan fingerprint density at radius 1 is 1.22 bits per heavy atom. The van der Waals surface area contributed by atoms with E-state index in [1.807, 2.05) is 61.2 Å². The van der Waals surface area contributed by atoms with Gasteiger partial charge in [0, 0.05) is 18.7 Å². The van der Waals surface area contributed by atoms with Gasteiger partial charge in [0.05, 0.1) is 12.8 Å². The maximum absolute atomic E-state index is 12.5. The molecule has 0 aromatic heterocycles. The molecule has 4 nitrogen and oxygen atoms in total. The van der Waals surface area contributed by atoms with Crippen LogP contribution in [0, 0.1) is 6.92 Å². The Morgan fingerprint density at radius 2 is 2.00 bits per heavy atom. The number of nitrogens with two attached hydrogens (primary N) is 1. The number of benzene rings is 2. The number of hydrogen-bond acceptors (Lipinski definition) is 3. The second-order valence-electron chi connectivity index (χ2n) is 5.55. The Balaban J connectivity index is 2.04. The molecule has 0 aliphatic rings. The molecule has 0 spiro atoms. The fourth-order valence-corrected chi connectivity index (χ4v) is 2.62. The highest BCUT2D eigenvalue weighted by atomic mass is 16.5. The average molecular weight is 312 g/mol. The number of aryl methyl sites for hydroxylation is 2. The van der Waals surface area contributed by atoms with Crippen LogP contribution in [0.4, 0.5) is 11.4 Å². The molecule has 0 fully saturated rings. The van der Waals surface area contributed by atoms with Crippen LogP contribution in [-0.2, 0) is 11.2 Å². The molecule has 1 amide bonds. The maximum atomic E-state index is 12.5. The minimum Gasteiger partial charge on any atom is -0.495 e. The Kier molecular flexibility index (Phi) is 5.63. The highest BCUT2D eigenvalue weighted by Gasteiger charge is 2.14. The summed E-state index contributed by atoms with van der Waals surface area (Å²) in [5, 5.41) is 0. The van der Waals surface area contributed by atoms with Gasteiger partial charge in [0.25, 0.3) is 0 Å². The van der Waals surface area contributed by atoms with Crippen LogP contribution >= 0.6 is 0 Å². The molecule has 2 aromatic rings. The zero-order valence-corrected chi connectivity index (χ0v) is 14.0. The summed E-state index contributed by atoms with van der Waals surface area (Å²) in [6.45, 7) is 4.68. The molecule has 0 aliphatic carbocycles. The quantitative estimate of drug-likeness (QED) is 0.830. The van der Waals surface area contributed by atoms with Crippen molar-refractivity contribution in [1.29, 1.82) is 0 Å². The molecule has 0 radical (unpaired) electrons. The van der Waals surface area contributed by atoms with Gasteiger partial charge in [0.1, 0.15) is 5.75 Å². The van der Waals surface area contributed by atoms with E-state index in [-0.39, 0.29) is 5.91 Å². The Hall–Kier alpha value is -2.49. The van der Waals surface area contributed by atoms with Gasteiger partial charge >= 0.3 is 0 Å². The van der Waals surface area contributed by atoms with Crippen molar-refractivity contribution in [2.75, 3.05) is 24.3 Å². The number of ether oxygens (including phenoxy) is 1. The number of nitrogen functional groups attached to an aromatic ring is 1. The van der Waals surface area contributed by atoms with Crippen molar-refractivity contribution in [3.63, 3.8) is 0 Å². The lowest BCUT2D eigenvalue weighted by Crippen LogP contribution is -2.30. The second-order valence-corrected chi connectivity index (χ2v) is 5.55. The fourth-order valence-electron chi connectivity index (χ4n) is 2.62. The minimum atomic E-state index is 0.118. The summed E-state index contributed by atoms with van der Waals surface area (Å²) in [5.74, 6) is 0.780. The Morgan fingerprint density at radius 3 is 2.61 bits per heavy atom. The third-order valence-corrected chi connectivity index (χ3v) is 3.85. The molecular weight excluding hydrogens is 288 g/mol. The topological polar surface area (TPSA) is 55.6 Å². The molecule has 0 bridgehead atoms. The van der Waals surface area contributed by atoms with Gasteiger partial charge in [-0.15, -0.1) is 0 Å². The molecule has 0 unspecified atom stereocenters. The summed E-state index contributed by atoms with van der Waals surface area (Å²) < 4.78 is 5.15. The number of nitrogens with zero attached hydrogens (tertiary/aromatic N) is 1. The standard InChI is InChI=1S/C19H24N2O2/c1-4-21(16-7-5-6-14(2)12-16)19(22)11-9-15-8-10-18(23-3)17(20)13-15/h5-8,10,12-13H,4,9,11,20H2,1-3H3. The molecule has 0 saturated heterocycles. The molecule has 122 valence electrons. The number of carbonyl (C=O) groups is 1. The molecule has 2 N–H and O–H groups in total. The molecule has 0 aliphatic heterocycles. The first kappa shape index (κ1) is 16.9. The van der Waals surface area contributed by atoms with Crippen molar-refractivity contribution in [3.05, 3.63) is 53.6 Å². The Labute approximate surface area is 137 Å². The number of amides is 1. The van der Waals surface area contributed by atoms with E-state index < -0.39 is 0 Å². The normalized spacial score (nSPS) is 10.4. The number of hydrogen-bond donors (Lipinski definition) is 1. The van der Waals surface area contributed by atoms with Gasteiger partial charge in [-0.25, -0.2) is 0 Å². The lowest BCUT2D eigenvalue weighted by molar-refractivity contribution is -0.118. The number of anilines is 2. The van der Waals surface area contributed by atoms with Gasteiger partial charge in [-0.05, 0) is 55.7 Å². The summed E-state index contributed by atoms with van der Waals surface area (Å²) in [6, 6.07) is 13.7. The number of carbonyl (C=O) groups excluding carboxylic acids is 1. The van der Waals surface area contributed by atoms with Crippen LogP contribution in [0.5, 0.6) is 5.75 Å². The number of rotatable bonds is 6. The van der Waals surface area contributed by atoms with Crippen LogP contribution in [0.15, 0.2) is 42.5 Å². The van der Waals surface area contributed by atoms with Crippen LogP contribution in [0.25, 0.3) is 0 Å². The molecule has 4 heteroatoms. The van der Waals surface area contributed by atoms with E-state index in [4.69, 9.17) is 10.5 Å². The first-order valence-corrected chi connectivity index (χ1v) is 7.84. The summed E-state index contributed by atoms with van der Waals surface area (Å²) in [7, 11) is 1.59. The zero-order valence-electron chi connectivity index (χ0n) is 14.0. The van der Waals surface area contributed by atoms with Gasteiger partial charge < -0.3 is 15.4 Å². The molecular formula is C19H24N2O2. The average Bonchev–Trinajstić information content (AvgIpc) is 2.54. The molecule has 0 atom stereocenters. The largest absolute Gasteiger partial charge is 0.495 e. The molecule has 2 rings (SSSR count). The highest BCUT2D eigenvalue weighted by molar-refractivity contribution is 5.93. The lowest BCUT2D eigenvalue weighted by atomic mass is 10.1. The zero-order chi connectivity index (χ0) is 16.8. The van der Waals surface area contributed by atoms with Crippen molar-refractivity contribution in [2.24, 2.45) is 0 Å². The highest BCUT2D eigenvalue weighted by Crippen LogP contribution is 2.23. The van der Waals surface area contributed by atoms with Crippen LogP contribution in [0.2, 0.25) is 0 Å². The van der Waals surface area contributed by atoms with Crippen LogP contribution in [0.1, 0.15) is 24.5 Å². The molecule has 0 saturated carbocycles. The van der Waals surface area contributed by atoms with E-state index in [0.717, 1.165) is 16.8 Å². The van der Waals surface area contributed by atoms with E-state index in [2.05, 4.69) is 0 Å². The second kappa shape index (κ2) is 7.68. The summed E-state index contributed by atoms with van der Waals surface area (Å²) in [6.07, 6.45) is 1.11. The van der Waals surface area contributed by atoms with Crippen molar-refractivity contribution in [3.8, 4) is 5.75 Å². The summed E-state index contributed by atoms with van der Waals surface area (Å²) in [4.78, 5) is 14.4. The molecule has 23 heavy (non-hydrogen) atoms. The van der Waals surface area contributed by atoms with Crippen molar-refractivity contribution in [2.45, 2.75) is 26.7 Å². The van der Waals surface area contributed by atoms with Gasteiger partial charge in [-0.2, -0.15) is 0 Å². The maximum Gasteiger partial charge on any atom is 0.227 e. The van der Waals surface area contributed by atoms with E-state index in [1.54, 1.807) is 7.11 Å². The van der Waals surface area contributed by atoms with Crippen molar-refractivity contribution in [1.82, 2.24) is 0 Å². The smallest absolute Gasteiger partial charge is 0.227 e. The monoisotopic (exact) mass is 312 g/mol.